The van der Waals surface area contributed by atoms with E-state index in [1.807, 2.05) is 17.3 Å². The van der Waals surface area contributed by atoms with Gasteiger partial charge in [-0.2, -0.15) is 0 Å². The van der Waals surface area contributed by atoms with Crippen molar-refractivity contribution in [1.29, 1.82) is 0 Å². The molecule has 18 heavy (non-hydrogen) atoms. The molecule has 4 nitrogen and oxygen atoms in total. The molecule has 2 unspecified atom stereocenters. The van der Waals surface area contributed by atoms with Crippen LogP contribution in [0.15, 0.2) is 10.9 Å². The second kappa shape index (κ2) is 6.29. The largest absolute Gasteiger partial charge is 0.342 e. The Bertz CT molecular complexity index is 380. The average Bonchev–Trinajstić information content (AvgIpc) is 2.89. The summed E-state index contributed by atoms with van der Waals surface area (Å²) in [5, 5.41) is 5.63. The molecule has 2 rings (SSSR count). The Balaban J connectivity index is 1.80. The molecule has 2 heterocycles. The molecule has 1 saturated heterocycles. The molecular weight excluding hydrogens is 246 g/mol. The van der Waals surface area contributed by atoms with Crippen molar-refractivity contribution < 1.29 is 4.79 Å². The van der Waals surface area contributed by atoms with E-state index in [0.717, 1.165) is 31.7 Å². The van der Waals surface area contributed by atoms with E-state index in [0.29, 0.717) is 18.4 Å². The number of piperidine rings is 1. The van der Waals surface area contributed by atoms with Gasteiger partial charge in [0, 0.05) is 37.5 Å². The van der Waals surface area contributed by atoms with Crippen molar-refractivity contribution in [2.24, 2.45) is 5.92 Å². The van der Waals surface area contributed by atoms with Gasteiger partial charge in [0.1, 0.15) is 0 Å². The zero-order valence-corrected chi connectivity index (χ0v) is 11.9. The third kappa shape index (κ3) is 3.29. The van der Waals surface area contributed by atoms with Crippen LogP contribution >= 0.6 is 11.3 Å². The lowest BCUT2D eigenvalue weighted by Crippen LogP contribution is -2.49. The van der Waals surface area contributed by atoms with Crippen molar-refractivity contribution in [3.63, 3.8) is 0 Å². The van der Waals surface area contributed by atoms with Crippen molar-refractivity contribution in [3.8, 4) is 0 Å². The molecule has 100 valence electrons. The molecule has 1 fully saturated rings. The highest BCUT2D eigenvalue weighted by molar-refractivity contribution is 7.07. The maximum absolute atomic E-state index is 11.7. The van der Waals surface area contributed by atoms with Gasteiger partial charge in [0.2, 0.25) is 5.91 Å². The van der Waals surface area contributed by atoms with Crippen LogP contribution < -0.4 is 5.32 Å². The number of nitrogens with zero attached hydrogens (tertiary/aromatic N) is 2. The topological polar surface area (TPSA) is 45.2 Å². The number of hydrogen-bond donors (Lipinski definition) is 1. The van der Waals surface area contributed by atoms with E-state index < -0.39 is 0 Å². The Labute approximate surface area is 112 Å². The van der Waals surface area contributed by atoms with Gasteiger partial charge in [-0.05, 0) is 12.3 Å². The van der Waals surface area contributed by atoms with Crippen molar-refractivity contribution in [3.05, 3.63) is 16.6 Å². The summed E-state index contributed by atoms with van der Waals surface area (Å²) in [6.45, 7) is 6.74. The lowest BCUT2D eigenvalue weighted by atomic mass is 9.93. The fourth-order valence-corrected chi connectivity index (χ4v) is 3.02. The molecule has 0 aromatic carbocycles. The summed E-state index contributed by atoms with van der Waals surface area (Å²) in [6.07, 6.45) is 1.65. The first-order valence-electron chi connectivity index (χ1n) is 6.59. The van der Waals surface area contributed by atoms with Crippen LogP contribution in [0.3, 0.4) is 0 Å². The summed E-state index contributed by atoms with van der Waals surface area (Å²) in [5.41, 5.74) is 2.97. The van der Waals surface area contributed by atoms with Gasteiger partial charge in [0.15, 0.2) is 0 Å². The highest BCUT2D eigenvalue weighted by atomic mass is 32.1. The van der Waals surface area contributed by atoms with Crippen molar-refractivity contribution >= 4 is 17.2 Å². The molecule has 0 spiro atoms. The van der Waals surface area contributed by atoms with Gasteiger partial charge in [0.25, 0.3) is 0 Å². The van der Waals surface area contributed by atoms with E-state index in [9.17, 15) is 4.79 Å². The van der Waals surface area contributed by atoms with Crippen molar-refractivity contribution in [1.82, 2.24) is 15.2 Å². The lowest BCUT2D eigenvalue weighted by Gasteiger charge is -2.37. The van der Waals surface area contributed by atoms with Gasteiger partial charge in [-0.25, -0.2) is 4.98 Å². The number of rotatable bonds is 4. The second-order valence-electron chi connectivity index (χ2n) is 4.93. The van der Waals surface area contributed by atoms with Gasteiger partial charge in [-0.1, -0.05) is 13.8 Å². The molecule has 1 aromatic rings. The first-order chi connectivity index (χ1) is 8.70. The zero-order valence-electron chi connectivity index (χ0n) is 11.1. The van der Waals surface area contributed by atoms with Gasteiger partial charge in [0.05, 0.1) is 11.2 Å². The molecule has 0 saturated carbocycles. The number of carbonyl (C=O) groups is 1. The van der Waals surface area contributed by atoms with Crippen LogP contribution in [-0.4, -0.2) is 34.9 Å². The van der Waals surface area contributed by atoms with Gasteiger partial charge in [-0.3, -0.25) is 4.79 Å². The highest BCUT2D eigenvalue weighted by Gasteiger charge is 2.27. The lowest BCUT2D eigenvalue weighted by molar-refractivity contribution is -0.132. The number of amides is 1. The van der Waals surface area contributed by atoms with Crippen LogP contribution in [-0.2, 0) is 11.3 Å². The summed E-state index contributed by atoms with van der Waals surface area (Å²) in [7, 11) is 0. The van der Waals surface area contributed by atoms with E-state index in [1.165, 1.54) is 0 Å². The number of hydrogen-bond acceptors (Lipinski definition) is 4. The Hall–Kier alpha value is -0.940. The molecule has 1 amide bonds. The maximum atomic E-state index is 11.7. The number of aromatic nitrogens is 1. The van der Waals surface area contributed by atoms with E-state index in [4.69, 9.17) is 0 Å². The molecular formula is C13H21N3OS. The first kappa shape index (κ1) is 13.5. The third-order valence-electron chi connectivity index (χ3n) is 3.59. The fourth-order valence-electron chi connectivity index (χ4n) is 2.46. The fraction of sp³-hybridized carbons (Fsp3) is 0.692. The van der Waals surface area contributed by atoms with Crippen LogP contribution in [0.4, 0.5) is 0 Å². The SMILES string of the molecule is CCC(=O)N1CCC(NCc2cscn2)C(C)C1. The molecule has 0 radical (unpaired) electrons. The molecule has 0 aliphatic carbocycles. The smallest absolute Gasteiger partial charge is 0.222 e. The minimum atomic E-state index is 0.278. The predicted molar refractivity (Wildman–Crippen MR) is 73.4 cm³/mol. The second-order valence-corrected chi connectivity index (χ2v) is 5.65. The number of thiazole rings is 1. The predicted octanol–water partition coefficient (Wildman–Crippen LogP) is 1.88. The average molecular weight is 267 g/mol. The normalized spacial score (nSPS) is 24.2. The van der Waals surface area contributed by atoms with Crippen molar-refractivity contribution in [2.75, 3.05) is 13.1 Å². The quantitative estimate of drug-likeness (QED) is 0.906. The minimum Gasteiger partial charge on any atom is -0.342 e. The van der Waals surface area contributed by atoms with Crippen molar-refractivity contribution in [2.45, 2.75) is 39.3 Å². The van der Waals surface area contributed by atoms with E-state index in [2.05, 4.69) is 22.6 Å². The Morgan fingerprint density at radius 2 is 2.50 bits per heavy atom. The maximum Gasteiger partial charge on any atom is 0.222 e. The molecule has 5 heteroatoms. The molecule has 1 N–H and O–H groups in total. The van der Waals surface area contributed by atoms with E-state index in [1.54, 1.807) is 11.3 Å². The molecule has 0 bridgehead atoms. The monoisotopic (exact) mass is 267 g/mol. The summed E-state index contributed by atoms with van der Waals surface area (Å²) >= 11 is 1.63. The Kier molecular flexibility index (Phi) is 4.72. The zero-order chi connectivity index (χ0) is 13.0. The summed E-state index contributed by atoms with van der Waals surface area (Å²) in [6, 6.07) is 0.493. The highest BCUT2D eigenvalue weighted by Crippen LogP contribution is 2.18. The van der Waals surface area contributed by atoms with Crippen LogP contribution in [0, 0.1) is 5.92 Å². The standard InChI is InChI=1S/C13H21N3OS/c1-3-13(17)16-5-4-12(10(2)7-16)14-6-11-8-18-9-15-11/h8-10,12,14H,3-7H2,1-2H3. The Morgan fingerprint density at radius 3 is 3.11 bits per heavy atom. The minimum absolute atomic E-state index is 0.278. The molecule has 1 aliphatic heterocycles. The van der Waals surface area contributed by atoms with E-state index >= 15 is 0 Å². The molecule has 1 aromatic heterocycles. The van der Waals surface area contributed by atoms with Gasteiger partial charge >= 0.3 is 0 Å². The number of carbonyl (C=O) groups excluding carboxylic acids is 1. The van der Waals surface area contributed by atoms with E-state index in [-0.39, 0.29) is 5.91 Å². The van der Waals surface area contributed by atoms with Crippen LogP contribution in [0.25, 0.3) is 0 Å². The third-order valence-corrected chi connectivity index (χ3v) is 4.22. The van der Waals surface area contributed by atoms with Crippen LogP contribution in [0.1, 0.15) is 32.4 Å². The van der Waals surface area contributed by atoms with Gasteiger partial charge < -0.3 is 10.2 Å². The number of likely N-dealkylation sites (tertiary alicyclic amines) is 1. The summed E-state index contributed by atoms with van der Waals surface area (Å²) in [5.74, 6) is 0.785. The first-order valence-corrected chi connectivity index (χ1v) is 7.53. The van der Waals surface area contributed by atoms with Gasteiger partial charge in [-0.15, -0.1) is 11.3 Å². The molecule has 1 aliphatic rings. The number of nitrogens with one attached hydrogen (secondary N) is 1. The van der Waals surface area contributed by atoms with Crippen LogP contribution in [0.5, 0.6) is 0 Å². The summed E-state index contributed by atoms with van der Waals surface area (Å²) in [4.78, 5) is 17.9. The Morgan fingerprint density at radius 1 is 1.67 bits per heavy atom. The summed E-state index contributed by atoms with van der Waals surface area (Å²) < 4.78 is 0. The molecule has 2 atom stereocenters. The van der Waals surface area contributed by atoms with Crippen LogP contribution in [0.2, 0.25) is 0 Å².